The van der Waals surface area contributed by atoms with E-state index in [0.29, 0.717) is 6.61 Å². The standard InChI is InChI=1S/C10H17NOS2.ClH/c12-4-1-5-13-7-3-11-8-10-2-6-14-9-10;/h2,6,9,11-12H,1,3-5,7-8H2;1H. The van der Waals surface area contributed by atoms with Gasteiger partial charge in [0.2, 0.25) is 0 Å². The summed E-state index contributed by atoms with van der Waals surface area (Å²) < 4.78 is 0. The normalized spacial score (nSPS) is 9.93. The van der Waals surface area contributed by atoms with Crippen molar-refractivity contribution in [2.75, 3.05) is 24.7 Å². The SMILES string of the molecule is Cl.OCCCSCCNCc1ccsc1. The van der Waals surface area contributed by atoms with Gasteiger partial charge in [-0.05, 0) is 34.6 Å². The van der Waals surface area contributed by atoms with Crippen molar-refractivity contribution in [2.24, 2.45) is 0 Å². The second-order valence-electron chi connectivity index (χ2n) is 3.00. The Balaban J connectivity index is 0.00000196. The first-order valence-corrected chi connectivity index (χ1v) is 6.93. The lowest BCUT2D eigenvalue weighted by Gasteiger charge is -2.02. The minimum atomic E-state index is 0. The van der Waals surface area contributed by atoms with Gasteiger partial charge in [0.1, 0.15) is 0 Å². The molecule has 5 heteroatoms. The molecule has 0 aliphatic heterocycles. The Kier molecular flexibility index (Phi) is 11.0. The number of hydrogen-bond donors (Lipinski definition) is 2. The maximum Gasteiger partial charge on any atom is 0.0438 e. The van der Waals surface area contributed by atoms with Gasteiger partial charge < -0.3 is 10.4 Å². The molecule has 15 heavy (non-hydrogen) atoms. The second-order valence-corrected chi connectivity index (χ2v) is 5.00. The Morgan fingerprint density at radius 3 is 2.93 bits per heavy atom. The molecule has 0 saturated heterocycles. The van der Waals surface area contributed by atoms with Crippen molar-refractivity contribution in [3.8, 4) is 0 Å². The van der Waals surface area contributed by atoms with Gasteiger partial charge in [-0.25, -0.2) is 0 Å². The van der Waals surface area contributed by atoms with Gasteiger partial charge in [-0.2, -0.15) is 23.1 Å². The van der Waals surface area contributed by atoms with E-state index in [2.05, 4.69) is 22.1 Å². The average Bonchev–Trinajstić information content (AvgIpc) is 2.69. The van der Waals surface area contributed by atoms with Crippen molar-refractivity contribution in [3.63, 3.8) is 0 Å². The highest BCUT2D eigenvalue weighted by Crippen LogP contribution is 2.05. The Bertz CT molecular complexity index is 219. The Labute approximate surface area is 106 Å². The van der Waals surface area contributed by atoms with E-state index in [9.17, 15) is 0 Å². The molecule has 0 aliphatic carbocycles. The van der Waals surface area contributed by atoms with Crippen LogP contribution in [0, 0.1) is 0 Å². The molecule has 1 aromatic rings. The quantitative estimate of drug-likeness (QED) is 0.710. The van der Waals surface area contributed by atoms with Crippen LogP contribution in [0.1, 0.15) is 12.0 Å². The molecule has 1 rings (SSSR count). The number of thiophene rings is 1. The summed E-state index contributed by atoms with van der Waals surface area (Å²) in [5.74, 6) is 2.20. The van der Waals surface area contributed by atoms with Gasteiger partial charge in [0.25, 0.3) is 0 Å². The van der Waals surface area contributed by atoms with Gasteiger partial charge in [-0.1, -0.05) is 0 Å². The summed E-state index contributed by atoms with van der Waals surface area (Å²) in [7, 11) is 0. The van der Waals surface area contributed by atoms with Crippen LogP contribution in [0.15, 0.2) is 16.8 Å². The number of hydrogen-bond acceptors (Lipinski definition) is 4. The van der Waals surface area contributed by atoms with E-state index in [1.807, 2.05) is 11.8 Å². The predicted octanol–water partition coefficient (Wildman–Crippen LogP) is 2.38. The molecule has 88 valence electrons. The molecule has 0 unspecified atom stereocenters. The molecule has 0 aromatic carbocycles. The molecule has 2 nitrogen and oxygen atoms in total. The zero-order valence-electron chi connectivity index (χ0n) is 8.65. The Morgan fingerprint density at radius 1 is 1.40 bits per heavy atom. The summed E-state index contributed by atoms with van der Waals surface area (Å²) >= 11 is 3.64. The molecule has 1 aromatic heterocycles. The van der Waals surface area contributed by atoms with E-state index in [1.165, 1.54) is 5.56 Å². The second kappa shape index (κ2) is 10.8. The molecule has 2 N–H and O–H groups in total. The molecule has 0 aliphatic rings. The first-order chi connectivity index (χ1) is 6.93. The first kappa shape index (κ1) is 15.3. The molecule has 0 saturated carbocycles. The van der Waals surface area contributed by atoms with E-state index in [4.69, 9.17) is 5.11 Å². The maximum atomic E-state index is 8.57. The highest BCUT2D eigenvalue weighted by atomic mass is 35.5. The van der Waals surface area contributed by atoms with Gasteiger partial charge >= 0.3 is 0 Å². The van der Waals surface area contributed by atoms with Gasteiger partial charge in [-0.15, -0.1) is 12.4 Å². The van der Waals surface area contributed by atoms with E-state index < -0.39 is 0 Å². The van der Waals surface area contributed by atoms with Crippen LogP contribution >= 0.6 is 35.5 Å². The van der Waals surface area contributed by atoms with Crippen molar-refractivity contribution >= 4 is 35.5 Å². The van der Waals surface area contributed by atoms with Crippen LogP contribution < -0.4 is 5.32 Å². The monoisotopic (exact) mass is 267 g/mol. The summed E-state index contributed by atoms with van der Waals surface area (Å²) in [5.41, 5.74) is 1.37. The molecule has 0 bridgehead atoms. The Morgan fingerprint density at radius 2 is 2.27 bits per heavy atom. The lowest BCUT2D eigenvalue weighted by Crippen LogP contribution is -2.16. The third-order valence-electron chi connectivity index (χ3n) is 1.78. The van der Waals surface area contributed by atoms with Crippen LogP contribution in [0.4, 0.5) is 0 Å². The first-order valence-electron chi connectivity index (χ1n) is 4.84. The van der Waals surface area contributed by atoms with E-state index in [0.717, 1.165) is 31.0 Å². The lowest BCUT2D eigenvalue weighted by molar-refractivity contribution is 0.296. The fraction of sp³-hybridized carbons (Fsp3) is 0.600. The zero-order chi connectivity index (χ0) is 10.1. The van der Waals surface area contributed by atoms with Crippen molar-refractivity contribution in [1.29, 1.82) is 0 Å². The minimum absolute atomic E-state index is 0. The fourth-order valence-electron chi connectivity index (χ4n) is 1.04. The van der Waals surface area contributed by atoms with Crippen LogP contribution in [0.3, 0.4) is 0 Å². The van der Waals surface area contributed by atoms with Crippen LogP contribution in [0.5, 0.6) is 0 Å². The van der Waals surface area contributed by atoms with Gasteiger partial charge in [0.05, 0.1) is 0 Å². The topological polar surface area (TPSA) is 32.3 Å². The smallest absolute Gasteiger partial charge is 0.0438 e. The molecular formula is C10H18ClNOS2. The number of rotatable bonds is 8. The predicted molar refractivity (Wildman–Crippen MR) is 72.3 cm³/mol. The summed E-state index contributed by atoms with van der Waals surface area (Å²) in [6.45, 7) is 2.34. The molecule has 0 atom stereocenters. The van der Waals surface area contributed by atoms with Crippen molar-refractivity contribution in [1.82, 2.24) is 5.32 Å². The summed E-state index contributed by atoms with van der Waals surface area (Å²) in [4.78, 5) is 0. The molecular weight excluding hydrogens is 250 g/mol. The largest absolute Gasteiger partial charge is 0.396 e. The molecule has 0 fully saturated rings. The van der Waals surface area contributed by atoms with Crippen LogP contribution in [0.25, 0.3) is 0 Å². The third kappa shape index (κ3) is 8.11. The number of halogens is 1. The van der Waals surface area contributed by atoms with Crippen LogP contribution in [0.2, 0.25) is 0 Å². The van der Waals surface area contributed by atoms with E-state index >= 15 is 0 Å². The van der Waals surface area contributed by atoms with Crippen LogP contribution in [-0.4, -0.2) is 29.8 Å². The highest BCUT2D eigenvalue weighted by Gasteiger charge is 1.92. The summed E-state index contributed by atoms with van der Waals surface area (Å²) in [6.07, 6.45) is 0.912. The molecule has 0 spiro atoms. The van der Waals surface area contributed by atoms with Crippen molar-refractivity contribution in [3.05, 3.63) is 22.4 Å². The minimum Gasteiger partial charge on any atom is -0.396 e. The number of aliphatic hydroxyl groups is 1. The van der Waals surface area contributed by atoms with Gasteiger partial charge in [-0.3, -0.25) is 0 Å². The zero-order valence-corrected chi connectivity index (χ0v) is 11.1. The van der Waals surface area contributed by atoms with Gasteiger partial charge in [0.15, 0.2) is 0 Å². The van der Waals surface area contributed by atoms with Crippen molar-refractivity contribution < 1.29 is 5.11 Å². The number of aliphatic hydroxyl groups excluding tert-OH is 1. The fourth-order valence-corrected chi connectivity index (χ4v) is 2.53. The highest BCUT2D eigenvalue weighted by molar-refractivity contribution is 7.99. The Hall–Kier alpha value is 0.260. The summed E-state index contributed by atoms with van der Waals surface area (Å²) in [5, 5.41) is 16.2. The number of nitrogens with one attached hydrogen (secondary N) is 1. The van der Waals surface area contributed by atoms with E-state index in [1.54, 1.807) is 11.3 Å². The van der Waals surface area contributed by atoms with E-state index in [-0.39, 0.29) is 12.4 Å². The molecule has 0 amide bonds. The lowest BCUT2D eigenvalue weighted by atomic mass is 10.3. The third-order valence-corrected chi connectivity index (χ3v) is 3.58. The van der Waals surface area contributed by atoms with Gasteiger partial charge in [0, 0.05) is 25.4 Å². The van der Waals surface area contributed by atoms with Crippen LogP contribution in [-0.2, 0) is 6.54 Å². The summed E-state index contributed by atoms with van der Waals surface area (Å²) in [6, 6.07) is 2.15. The average molecular weight is 268 g/mol. The molecule has 0 radical (unpaired) electrons. The molecule has 1 heterocycles. The number of thioether (sulfide) groups is 1. The maximum absolute atomic E-state index is 8.57. The van der Waals surface area contributed by atoms with Crippen molar-refractivity contribution in [2.45, 2.75) is 13.0 Å².